The molecular weight excluding hydrogens is 188 g/mol. The molecule has 3 heteroatoms. The summed E-state index contributed by atoms with van der Waals surface area (Å²) in [7, 11) is 4.24. The van der Waals surface area contributed by atoms with Crippen LogP contribution in [0.4, 0.5) is 0 Å². The zero-order chi connectivity index (χ0) is 11.5. The molecule has 0 aliphatic carbocycles. The number of likely N-dealkylation sites (N-methyl/N-ethyl adjacent to an activating group) is 1. The number of nitrogens with one attached hydrogen (secondary N) is 1. The minimum atomic E-state index is 0.293. The molecule has 0 saturated carbocycles. The minimum absolute atomic E-state index is 0.293. The maximum atomic E-state index is 5.52. The van der Waals surface area contributed by atoms with E-state index in [1.54, 1.807) is 0 Å². The van der Waals surface area contributed by atoms with Crippen molar-refractivity contribution in [1.29, 1.82) is 0 Å². The third-order valence-electron chi connectivity index (χ3n) is 3.98. The molecule has 90 valence electrons. The molecule has 0 aromatic rings. The quantitative estimate of drug-likeness (QED) is 0.747. The second-order valence-corrected chi connectivity index (χ2v) is 5.24. The molecule has 2 atom stereocenters. The first-order chi connectivity index (χ1) is 7.01. The van der Waals surface area contributed by atoms with E-state index in [2.05, 4.69) is 38.0 Å². The van der Waals surface area contributed by atoms with Gasteiger partial charge in [0.25, 0.3) is 0 Å². The molecule has 0 aromatic carbocycles. The summed E-state index contributed by atoms with van der Waals surface area (Å²) in [5, 5.41) is 3.34. The van der Waals surface area contributed by atoms with Gasteiger partial charge in [-0.25, -0.2) is 0 Å². The van der Waals surface area contributed by atoms with Crippen LogP contribution in [0.3, 0.4) is 0 Å². The van der Waals surface area contributed by atoms with Crippen LogP contribution in [0.5, 0.6) is 0 Å². The Hall–Kier alpha value is -0.120. The molecule has 1 fully saturated rings. The molecule has 1 aliphatic heterocycles. The highest BCUT2D eigenvalue weighted by atomic mass is 16.5. The Bertz CT molecular complexity index is 194. The van der Waals surface area contributed by atoms with Gasteiger partial charge >= 0.3 is 0 Å². The molecule has 0 amide bonds. The molecule has 2 unspecified atom stereocenters. The summed E-state index contributed by atoms with van der Waals surface area (Å²) in [6.07, 6.45) is 1.18. The Labute approximate surface area is 94.2 Å². The van der Waals surface area contributed by atoms with Crippen molar-refractivity contribution in [2.45, 2.75) is 38.8 Å². The lowest BCUT2D eigenvalue weighted by atomic mass is 9.96. The van der Waals surface area contributed by atoms with Gasteiger partial charge < -0.3 is 15.0 Å². The predicted octanol–water partition coefficient (Wildman–Crippen LogP) is 1.34. The molecule has 1 heterocycles. The first-order valence-electron chi connectivity index (χ1n) is 5.97. The lowest BCUT2D eigenvalue weighted by molar-refractivity contribution is 0.114. The average molecular weight is 214 g/mol. The van der Waals surface area contributed by atoms with Crippen molar-refractivity contribution < 1.29 is 4.74 Å². The van der Waals surface area contributed by atoms with Gasteiger partial charge in [-0.2, -0.15) is 0 Å². The van der Waals surface area contributed by atoms with Crippen LogP contribution in [0, 0.1) is 5.92 Å². The van der Waals surface area contributed by atoms with Gasteiger partial charge in [0.2, 0.25) is 0 Å². The third-order valence-corrected chi connectivity index (χ3v) is 3.98. The standard InChI is InChI=1S/C12H26N2O/c1-6-12(2,3)14(5)7-10-8-15-9-11(10)13-4/h10-11,13H,6-9H2,1-5H3. The fourth-order valence-electron chi connectivity index (χ4n) is 1.97. The lowest BCUT2D eigenvalue weighted by Crippen LogP contribution is -2.46. The molecule has 3 nitrogen and oxygen atoms in total. The highest BCUT2D eigenvalue weighted by Crippen LogP contribution is 2.21. The van der Waals surface area contributed by atoms with Crippen molar-refractivity contribution in [3.63, 3.8) is 0 Å². The topological polar surface area (TPSA) is 24.5 Å². The van der Waals surface area contributed by atoms with Crippen LogP contribution in [0.1, 0.15) is 27.2 Å². The van der Waals surface area contributed by atoms with Crippen molar-refractivity contribution in [2.75, 3.05) is 33.9 Å². The minimum Gasteiger partial charge on any atom is -0.379 e. The summed E-state index contributed by atoms with van der Waals surface area (Å²) in [5.41, 5.74) is 0.293. The van der Waals surface area contributed by atoms with Crippen LogP contribution in [0.25, 0.3) is 0 Å². The van der Waals surface area contributed by atoms with Crippen molar-refractivity contribution in [1.82, 2.24) is 10.2 Å². The Kier molecular flexibility index (Phi) is 4.56. The number of rotatable bonds is 5. The van der Waals surface area contributed by atoms with Gasteiger partial charge in [0, 0.05) is 24.0 Å². The zero-order valence-electron chi connectivity index (χ0n) is 10.8. The van der Waals surface area contributed by atoms with Crippen LogP contribution in [-0.4, -0.2) is 50.3 Å². The normalized spacial score (nSPS) is 27.6. The van der Waals surface area contributed by atoms with E-state index in [9.17, 15) is 0 Å². The van der Waals surface area contributed by atoms with Gasteiger partial charge in [0.15, 0.2) is 0 Å². The third kappa shape index (κ3) is 3.16. The number of hydrogen-bond donors (Lipinski definition) is 1. The maximum Gasteiger partial charge on any atom is 0.0623 e. The molecular formula is C12H26N2O. The van der Waals surface area contributed by atoms with Gasteiger partial charge in [-0.1, -0.05) is 6.92 Å². The van der Waals surface area contributed by atoms with E-state index in [-0.39, 0.29) is 0 Å². The molecule has 1 N–H and O–H groups in total. The smallest absolute Gasteiger partial charge is 0.0623 e. The second-order valence-electron chi connectivity index (χ2n) is 5.24. The molecule has 1 rings (SSSR count). The van der Waals surface area contributed by atoms with Crippen molar-refractivity contribution >= 4 is 0 Å². The summed E-state index contributed by atoms with van der Waals surface area (Å²) in [5.74, 6) is 0.630. The fourth-order valence-corrected chi connectivity index (χ4v) is 1.97. The van der Waals surface area contributed by atoms with Crippen molar-refractivity contribution in [2.24, 2.45) is 5.92 Å². The van der Waals surface area contributed by atoms with Crippen LogP contribution < -0.4 is 5.32 Å². The van der Waals surface area contributed by atoms with Crippen LogP contribution in [0.2, 0.25) is 0 Å². The van der Waals surface area contributed by atoms with E-state index in [0.29, 0.717) is 17.5 Å². The van der Waals surface area contributed by atoms with Gasteiger partial charge in [-0.15, -0.1) is 0 Å². The van der Waals surface area contributed by atoms with Gasteiger partial charge in [0.05, 0.1) is 13.2 Å². The van der Waals surface area contributed by atoms with Crippen molar-refractivity contribution in [3.05, 3.63) is 0 Å². The summed E-state index contributed by atoms with van der Waals surface area (Å²) in [4.78, 5) is 2.46. The van der Waals surface area contributed by atoms with E-state index in [4.69, 9.17) is 4.74 Å². The van der Waals surface area contributed by atoms with Crippen LogP contribution in [-0.2, 0) is 4.74 Å². The van der Waals surface area contributed by atoms with E-state index in [1.165, 1.54) is 6.42 Å². The number of ether oxygens (including phenoxy) is 1. The van der Waals surface area contributed by atoms with Crippen LogP contribution >= 0.6 is 0 Å². The van der Waals surface area contributed by atoms with Crippen LogP contribution in [0.15, 0.2) is 0 Å². The maximum absolute atomic E-state index is 5.52. The molecule has 1 saturated heterocycles. The Morgan fingerprint density at radius 1 is 1.40 bits per heavy atom. The highest BCUT2D eigenvalue weighted by Gasteiger charge is 2.31. The SMILES string of the molecule is CCC(C)(C)N(C)CC1COCC1NC. The molecule has 0 spiro atoms. The Balaban J connectivity index is 2.47. The lowest BCUT2D eigenvalue weighted by Gasteiger charge is -2.37. The van der Waals surface area contributed by atoms with E-state index >= 15 is 0 Å². The van der Waals surface area contributed by atoms with E-state index in [1.807, 2.05) is 7.05 Å². The van der Waals surface area contributed by atoms with Gasteiger partial charge in [-0.05, 0) is 34.4 Å². The van der Waals surface area contributed by atoms with E-state index in [0.717, 1.165) is 19.8 Å². The molecule has 0 aromatic heterocycles. The molecule has 0 radical (unpaired) electrons. The monoisotopic (exact) mass is 214 g/mol. The molecule has 1 aliphatic rings. The first kappa shape index (κ1) is 12.9. The number of hydrogen-bond acceptors (Lipinski definition) is 3. The average Bonchev–Trinajstić information content (AvgIpc) is 2.65. The number of nitrogens with zero attached hydrogens (tertiary/aromatic N) is 1. The molecule has 0 bridgehead atoms. The first-order valence-corrected chi connectivity index (χ1v) is 5.97. The fraction of sp³-hybridized carbons (Fsp3) is 1.00. The van der Waals surface area contributed by atoms with Gasteiger partial charge in [-0.3, -0.25) is 0 Å². The largest absolute Gasteiger partial charge is 0.379 e. The summed E-state index contributed by atoms with van der Waals surface area (Å²) in [6.45, 7) is 9.73. The summed E-state index contributed by atoms with van der Waals surface area (Å²) >= 11 is 0. The van der Waals surface area contributed by atoms with Crippen molar-refractivity contribution in [3.8, 4) is 0 Å². The Morgan fingerprint density at radius 2 is 2.07 bits per heavy atom. The van der Waals surface area contributed by atoms with Gasteiger partial charge in [0.1, 0.15) is 0 Å². The summed E-state index contributed by atoms with van der Waals surface area (Å²) in [6, 6.07) is 0.528. The predicted molar refractivity (Wildman–Crippen MR) is 64.2 cm³/mol. The summed E-state index contributed by atoms with van der Waals surface area (Å²) < 4.78 is 5.52. The Morgan fingerprint density at radius 3 is 2.60 bits per heavy atom. The zero-order valence-corrected chi connectivity index (χ0v) is 10.8. The van der Waals surface area contributed by atoms with E-state index < -0.39 is 0 Å². The highest BCUT2D eigenvalue weighted by molar-refractivity contribution is 4.86. The second kappa shape index (κ2) is 5.28. The molecule has 15 heavy (non-hydrogen) atoms.